The first kappa shape index (κ1) is 19.9. The molecule has 0 unspecified atom stereocenters. The number of rotatable bonds is 7. The molecule has 0 aliphatic heterocycles. The highest BCUT2D eigenvalue weighted by Gasteiger charge is 2.19. The summed E-state index contributed by atoms with van der Waals surface area (Å²) < 4.78 is 25.9. The molecular weight excluding hydrogens is 350 g/mol. The average Bonchev–Trinajstić information content (AvgIpc) is 2.58. The molecule has 0 saturated heterocycles. The summed E-state index contributed by atoms with van der Waals surface area (Å²) in [6, 6.07) is 12.4. The van der Waals surface area contributed by atoms with Crippen LogP contribution >= 0.6 is 0 Å². The molecule has 7 heteroatoms. The van der Waals surface area contributed by atoms with Crippen LogP contribution in [0.5, 0.6) is 0 Å². The highest BCUT2D eigenvalue weighted by Crippen LogP contribution is 2.27. The lowest BCUT2D eigenvalue weighted by atomic mass is 10.1. The SMILES string of the molecule is CCNc1ccc(S(=O)(=O)N(C)C)cc1NC(=O)Cc1ccccc1C. The molecule has 2 rings (SSSR count). The van der Waals surface area contributed by atoms with Gasteiger partial charge in [-0.15, -0.1) is 0 Å². The molecule has 2 N–H and O–H groups in total. The zero-order valence-electron chi connectivity index (χ0n) is 15.5. The molecule has 0 aliphatic carbocycles. The molecule has 0 aromatic heterocycles. The number of benzene rings is 2. The molecule has 1 amide bonds. The fraction of sp³-hybridized carbons (Fsp3) is 0.316. The van der Waals surface area contributed by atoms with Gasteiger partial charge in [0.2, 0.25) is 15.9 Å². The summed E-state index contributed by atoms with van der Waals surface area (Å²) in [4.78, 5) is 12.6. The number of amides is 1. The standard InChI is InChI=1S/C19H25N3O3S/c1-5-20-17-11-10-16(26(24,25)22(3)4)13-18(17)21-19(23)12-15-9-7-6-8-14(15)2/h6-11,13,20H,5,12H2,1-4H3,(H,21,23). The fourth-order valence-corrected chi connectivity index (χ4v) is 3.45. The minimum atomic E-state index is -3.58. The molecule has 0 fully saturated rings. The second-order valence-electron chi connectivity index (χ2n) is 6.18. The monoisotopic (exact) mass is 375 g/mol. The third kappa shape index (κ3) is 4.62. The van der Waals surface area contributed by atoms with Crippen LogP contribution in [0.4, 0.5) is 11.4 Å². The summed E-state index contributed by atoms with van der Waals surface area (Å²) in [5.41, 5.74) is 3.11. The van der Waals surface area contributed by atoms with Crippen LogP contribution in [-0.2, 0) is 21.2 Å². The van der Waals surface area contributed by atoms with Crippen LogP contribution in [0.3, 0.4) is 0 Å². The van der Waals surface area contributed by atoms with Gasteiger partial charge in [-0.2, -0.15) is 0 Å². The number of anilines is 2. The van der Waals surface area contributed by atoms with Crippen molar-refractivity contribution in [2.75, 3.05) is 31.3 Å². The normalized spacial score (nSPS) is 11.4. The average molecular weight is 375 g/mol. The Morgan fingerprint density at radius 2 is 1.77 bits per heavy atom. The first-order chi connectivity index (χ1) is 12.3. The van der Waals surface area contributed by atoms with Crippen LogP contribution in [0, 0.1) is 6.92 Å². The van der Waals surface area contributed by atoms with Crippen LogP contribution in [0.2, 0.25) is 0 Å². The van der Waals surface area contributed by atoms with E-state index < -0.39 is 10.0 Å². The Bertz CT molecular complexity index is 893. The van der Waals surface area contributed by atoms with Gasteiger partial charge in [0.25, 0.3) is 0 Å². The van der Waals surface area contributed by atoms with Crippen molar-refractivity contribution in [3.8, 4) is 0 Å². The predicted octanol–water partition coefficient (Wildman–Crippen LogP) is 2.86. The Morgan fingerprint density at radius 1 is 1.08 bits per heavy atom. The minimum absolute atomic E-state index is 0.135. The topological polar surface area (TPSA) is 78.5 Å². The highest BCUT2D eigenvalue weighted by molar-refractivity contribution is 7.89. The third-order valence-corrected chi connectivity index (χ3v) is 5.83. The van der Waals surface area contributed by atoms with Crippen molar-refractivity contribution in [3.05, 3.63) is 53.6 Å². The zero-order chi connectivity index (χ0) is 19.3. The van der Waals surface area contributed by atoms with E-state index in [1.807, 2.05) is 38.1 Å². The van der Waals surface area contributed by atoms with E-state index in [2.05, 4.69) is 10.6 Å². The van der Waals surface area contributed by atoms with E-state index in [1.54, 1.807) is 6.07 Å². The Hall–Kier alpha value is -2.38. The maximum absolute atomic E-state index is 12.5. The number of aryl methyl sites for hydroxylation is 1. The maximum Gasteiger partial charge on any atom is 0.242 e. The lowest BCUT2D eigenvalue weighted by molar-refractivity contribution is -0.115. The largest absolute Gasteiger partial charge is 0.384 e. The van der Waals surface area contributed by atoms with Crippen LogP contribution in [0.1, 0.15) is 18.1 Å². The molecule has 0 spiro atoms. The van der Waals surface area contributed by atoms with Gasteiger partial charge in [-0.3, -0.25) is 4.79 Å². The lowest BCUT2D eigenvalue weighted by Crippen LogP contribution is -2.23. The molecule has 0 heterocycles. The van der Waals surface area contributed by atoms with Crippen LogP contribution < -0.4 is 10.6 Å². The summed E-state index contributed by atoms with van der Waals surface area (Å²) in [5, 5.41) is 5.98. The van der Waals surface area contributed by atoms with Gasteiger partial charge in [-0.1, -0.05) is 24.3 Å². The number of nitrogens with zero attached hydrogens (tertiary/aromatic N) is 1. The number of carbonyl (C=O) groups excluding carboxylic acids is 1. The van der Waals surface area contributed by atoms with Gasteiger partial charge < -0.3 is 10.6 Å². The van der Waals surface area contributed by atoms with Crippen LogP contribution in [-0.4, -0.2) is 39.3 Å². The van der Waals surface area contributed by atoms with Crippen molar-refractivity contribution < 1.29 is 13.2 Å². The molecule has 26 heavy (non-hydrogen) atoms. The molecule has 6 nitrogen and oxygen atoms in total. The van der Waals surface area contributed by atoms with E-state index in [9.17, 15) is 13.2 Å². The van der Waals surface area contributed by atoms with Gasteiger partial charge in [0.15, 0.2) is 0 Å². The van der Waals surface area contributed by atoms with Crippen molar-refractivity contribution in [3.63, 3.8) is 0 Å². The maximum atomic E-state index is 12.5. The quantitative estimate of drug-likeness (QED) is 0.780. The molecule has 0 atom stereocenters. The molecule has 140 valence electrons. The third-order valence-electron chi connectivity index (χ3n) is 4.02. The minimum Gasteiger partial charge on any atom is -0.384 e. The smallest absolute Gasteiger partial charge is 0.242 e. The van der Waals surface area contributed by atoms with Crippen LogP contribution in [0.15, 0.2) is 47.4 Å². The van der Waals surface area contributed by atoms with Crippen molar-refractivity contribution in [1.82, 2.24) is 4.31 Å². The van der Waals surface area contributed by atoms with E-state index in [1.165, 1.54) is 26.2 Å². The number of hydrogen-bond donors (Lipinski definition) is 2. The van der Waals surface area contributed by atoms with Gasteiger partial charge in [0.1, 0.15) is 0 Å². The summed E-state index contributed by atoms with van der Waals surface area (Å²) in [5.74, 6) is -0.196. The molecule has 0 bridgehead atoms. The molecule has 0 radical (unpaired) electrons. The van der Waals surface area contributed by atoms with Crippen molar-refractivity contribution >= 4 is 27.3 Å². The highest BCUT2D eigenvalue weighted by atomic mass is 32.2. The molecular formula is C19H25N3O3S. The van der Waals surface area contributed by atoms with Crippen LogP contribution in [0.25, 0.3) is 0 Å². The zero-order valence-corrected chi connectivity index (χ0v) is 16.4. The number of hydrogen-bond acceptors (Lipinski definition) is 4. The van der Waals surface area contributed by atoms with Gasteiger partial charge >= 0.3 is 0 Å². The molecule has 0 saturated carbocycles. The van der Waals surface area contributed by atoms with Gasteiger partial charge in [0, 0.05) is 20.6 Å². The van der Waals surface area contributed by atoms with E-state index in [4.69, 9.17) is 0 Å². The van der Waals surface area contributed by atoms with Gasteiger partial charge in [-0.05, 0) is 43.2 Å². The van der Waals surface area contributed by atoms with E-state index in [0.717, 1.165) is 15.4 Å². The molecule has 2 aromatic rings. The summed E-state index contributed by atoms with van der Waals surface area (Å²) in [6.45, 7) is 4.54. The molecule has 2 aromatic carbocycles. The van der Waals surface area contributed by atoms with Crippen molar-refractivity contribution in [1.29, 1.82) is 0 Å². The Morgan fingerprint density at radius 3 is 2.38 bits per heavy atom. The first-order valence-electron chi connectivity index (χ1n) is 8.40. The van der Waals surface area contributed by atoms with E-state index in [0.29, 0.717) is 17.9 Å². The summed E-state index contributed by atoms with van der Waals surface area (Å²) >= 11 is 0. The Kier molecular flexibility index (Phi) is 6.39. The predicted molar refractivity (Wildman–Crippen MR) is 105 cm³/mol. The van der Waals surface area contributed by atoms with Gasteiger partial charge in [0.05, 0.1) is 22.7 Å². The lowest BCUT2D eigenvalue weighted by Gasteiger charge is -2.16. The summed E-state index contributed by atoms with van der Waals surface area (Å²) in [7, 11) is -0.626. The van der Waals surface area contributed by atoms with Crippen molar-refractivity contribution in [2.45, 2.75) is 25.2 Å². The fourth-order valence-electron chi connectivity index (χ4n) is 2.52. The van der Waals surface area contributed by atoms with Crippen molar-refractivity contribution in [2.24, 2.45) is 0 Å². The Balaban J connectivity index is 2.31. The Labute approximate surface area is 155 Å². The second-order valence-corrected chi connectivity index (χ2v) is 8.33. The second kappa shape index (κ2) is 8.33. The number of sulfonamides is 1. The van der Waals surface area contributed by atoms with E-state index in [-0.39, 0.29) is 17.2 Å². The number of nitrogens with one attached hydrogen (secondary N) is 2. The summed E-state index contributed by atoms with van der Waals surface area (Å²) in [6.07, 6.45) is 0.225. The first-order valence-corrected chi connectivity index (χ1v) is 9.84. The van der Waals surface area contributed by atoms with E-state index >= 15 is 0 Å². The number of carbonyl (C=O) groups is 1. The van der Waals surface area contributed by atoms with Gasteiger partial charge in [-0.25, -0.2) is 12.7 Å². The molecule has 0 aliphatic rings.